The molecule has 1 nitrogen and oxygen atoms in total. The van der Waals surface area contributed by atoms with Gasteiger partial charge in [0.15, 0.2) is 0 Å². The average Bonchev–Trinajstić information content (AvgIpc) is 2.95. The van der Waals surface area contributed by atoms with Gasteiger partial charge in [-0.2, -0.15) is 0 Å². The van der Waals surface area contributed by atoms with Crippen molar-refractivity contribution in [2.24, 2.45) is 0 Å². The molecule has 0 N–H and O–H groups in total. The lowest BCUT2D eigenvalue weighted by atomic mass is 10.2. The molecule has 2 rings (SSSR count). The number of nitrogens with zero attached hydrogens (tertiary/aromatic N) is 1. The van der Waals surface area contributed by atoms with E-state index in [1.54, 1.807) is 0 Å². The monoisotopic (exact) mass is 273 g/mol. The van der Waals surface area contributed by atoms with Gasteiger partial charge in [0.25, 0.3) is 0 Å². The molecule has 1 saturated carbocycles. The summed E-state index contributed by atoms with van der Waals surface area (Å²) in [6.45, 7) is 0.978. The summed E-state index contributed by atoms with van der Waals surface area (Å²) in [4.78, 5) is 2.39. The maximum Gasteiger partial charge on any atom is 0.0551 e. The summed E-state index contributed by atoms with van der Waals surface area (Å²) >= 11 is 9.55. The van der Waals surface area contributed by atoms with E-state index in [2.05, 4.69) is 33.9 Å². The Kier molecular flexibility index (Phi) is 3.15. The lowest BCUT2D eigenvalue weighted by Crippen LogP contribution is -2.20. The molecule has 1 aliphatic rings. The van der Waals surface area contributed by atoms with Crippen molar-refractivity contribution in [2.45, 2.75) is 25.4 Å². The van der Waals surface area contributed by atoms with Crippen LogP contribution in [0.3, 0.4) is 0 Å². The van der Waals surface area contributed by atoms with Crippen LogP contribution in [0.4, 0.5) is 0 Å². The van der Waals surface area contributed by atoms with E-state index in [4.69, 9.17) is 11.6 Å². The Labute approximate surface area is 98.2 Å². The first-order chi connectivity index (χ1) is 6.68. The van der Waals surface area contributed by atoms with E-state index in [1.807, 2.05) is 12.1 Å². The summed E-state index contributed by atoms with van der Waals surface area (Å²) in [5, 5.41) is 0.798. The number of hydrogen-bond acceptors (Lipinski definition) is 1. The van der Waals surface area contributed by atoms with Gasteiger partial charge >= 0.3 is 0 Å². The first-order valence-electron chi connectivity index (χ1n) is 4.81. The molecule has 0 heterocycles. The highest BCUT2D eigenvalue weighted by atomic mass is 79.9. The molecule has 1 fully saturated rings. The summed E-state index contributed by atoms with van der Waals surface area (Å²) in [7, 11) is 2.17. The highest BCUT2D eigenvalue weighted by molar-refractivity contribution is 9.10. The predicted octanol–water partition coefficient (Wildman–Crippen LogP) is 3.70. The molecule has 1 aromatic carbocycles. The summed E-state index contributed by atoms with van der Waals surface area (Å²) in [5.74, 6) is 0. The van der Waals surface area contributed by atoms with Gasteiger partial charge in [0.05, 0.1) is 5.02 Å². The summed E-state index contributed by atoms with van der Waals surface area (Å²) in [6, 6.07) is 6.82. The Balaban J connectivity index is 2.11. The fourth-order valence-electron chi connectivity index (χ4n) is 1.58. The normalized spacial score (nSPS) is 16.3. The molecule has 0 aliphatic heterocycles. The van der Waals surface area contributed by atoms with Crippen LogP contribution in [0.5, 0.6) is 0 Å². The average molecular weight is 275 g/mol. The topological polar surface area (TPSA) is 3.24 Å². The van der Waals surface area contributed by atoms with Crippen LogP contribution in [0.15, 0.2) is 22.7 Å². The second-order valence-electron chi connectivity index (χ2n) is 3.86. The van der Waals surface area contributed by atoms with Crippen molar-refractivity contribution in [3.05, 3.63) is 33.3 Å². The Bertz CT molecular complexity index is 336. The van der Waals surface area contributed by atoms with Gasteiger partial charge in [-0.25, -0.2) is 0 Å². The smallest absolute Gasteiger partial charge is 0.0551 e. The van der Waals surface area contributed by atoms with Crippen molar-refractivity contribution >= 4 is 27.5 Å². The second-order valence-corrected chi connectivity index (χ2v) is 5.06. The second kappa shape index (κ2) is 4.21. The molecule has 0 unspecified atom stereocenters. The van der Waals surface area contributed by atoms with Crippen LogP contribution >= 0.6 is 27.5 Å². The zero-order valence-electron chi connectivity index (χ0n) is 8.13. The largest absolute Gasteiger partial charge is 0.299 e. The van der Waals surface area contributed by atoms with Gasteiger partial charge in [0.1, 0.15) is 0 Å². The van der Waals surface area contributed by atoms with Gasteiger partial charge in [-0.05, 0) is 47.4 Å². The number of hydrogen-bond donors (Lipinski definition) is 0. The Morgan fingerprint density at radius 3 is 2.86 bits per heavy atom. The van der Waals surface area contributed by atoms with E-state index >= 15 is 0 Å². The number of rotatable bonds is 3. The first kappa shape index (κ1) is 10.5. The molecule has 0 aromatic heterocycles. The lowest BCUT2D eigenvalue weighted by Gasteiger charge is -2.16. The lowest BCUT2D eigenvalue weighted by molar-refractivity contribution is 0.316. The molecule has 0 bridgehead atoms. The molecule has 76 valence electrons. The van der Waals surface area contributed by atoms with Crippen LogP contribution in [-0.2, 0) is 6.54 Å². The molecule has 3 heteroatoms. The minimum atomic E-state index is 0.792. The fraction of sp³-hybridized carbons (Fsp3) is 0.455. The zero-order valence-corrected chi connectivity index (χ0v) is 10.5. The van der Waals surface area contributed by atoms with Crippen LogP contribution in [0.2, 0.25) is 5.02 Å². The van der Waals surface area contributed by atoms with Gasteiger partial charge in [-0.3, -0.25) is 4.90 Å². The van der Waals surface area contributed by atoms with Gasteiger partial charge < -0.3 is 0 Å². The summed E-state index contributed by atoms with van der Waals surface area (Å²) in [5.41, 5.74) is 1.27. The molecule has 1 aromatic rings. The fourth-order valence-corrected chi connectivity index (χ4v) is 2.17. The maximum absolute atomic E-state index is 6.03. The molecule has 0 radical (unpaired) electrons. The molecule has 0 atom stereocenters. The van der Waals surface area contributed by atoms with Gasteiger partial charge in [-0.1, -0.05) is 23.7 Å². The van der Waals surface area contributed by atoms with E-state index in [0.717, 1.165) is 22.1 Å². The standard InChI is InChI=1S/C11H13BrClN/c1-14(9-5-6-9)7-8-3-2-4-10(13)11(8)12/h2-4,9H,5-7H2,1H3. The van der Waals surface area contributed by atoms with Gasteiger partial charge in [0, 0.05) is 17.1 Å². The van der Waals surface area contributed by atoms with Crippen molar-refractivity contribution in [3.63, 3.8) is 0 Å². The number of halogens is 2. The third-order valence-electron chi connectivity index (χ3n) is 2.62. The minimum Gasteiger partial charge on any atom is -0.299 e. The minimum absolute atomic E-state index is 0.792. The molecular formula is C11H13BrClN. The molecule has 0 saturated heterocycles. The summed E-state index contributed by atoms with van der Waals surface area (Å²) < 4.78 is 1.04. The highest BCUT2D eigenvalue weighted by Crippen LogP contribution is 2.30. The van der Waals surface area contributed by atoms with Crippen molar-refractivity contribution in [3.8, 4) is 0 Å². The number of benzene rings is 1. The Morgan fingerprint density at radius 2 is 2.21 bits per heavy atom. The van der Waals surface area contributed by atoms with Crippen LogP contribution < -0.4 is 0 Å². The van der Waals surface area contributed by atoms with E-state index < -0.39 is 0 Å². The SMILES string of the molecule is CN(Cc1cccc(Cl)c1Br)C1CC1. The van der Waals surface area contributed by atoms with Crippen molar-refractivity contribution in [1.82, 2.24) is 4.90 Å². The highest BCUT2D eigenvalue weighted by Gasteiger charge is 2.26. The summed E-state index contributed by atoms with van der Waals surface area (Å²) in [6.07, 6.45) is 2.68. The van der Waals surface area contributed by atoms with E-state index in [0.29, 0.717) is 0 Å². The molecular weight excluding hydrogens is 261 g/mol. The third kappa shape index (κ3) is 2.30. The Morgan fingerprint density at radius 1 is 1.50 bits per heavy atom. The molecule has 14 heavy (non-hydrogen) atoms. The van der Waals surface area contributed by atoms with Crippen molar-refractivity contribution in [1.29, 1.82) is 0 Å². The van der Waals surface area contributed by atoms with Gasteiger partial charge in [-0.15, -0.1) is 0 Å². The first-order valence-corrected chi connectivity index (χ1v) is 5.98. The van der Waals surface area contributed by atoms with Crippen LogP contribution in [0.25, 0.3) is 0 Å². The van der Waals surface area contributed by atoms with E-state index in [9.17, 15) is 0 Å². The third-order valence-corrected chi connectivity index (χ3v) is 4.10. The van der Waals surface area contributed by atoms with Crippen LogP contribution in [0, 0.1) is 0 Å². The Hall–Kier alpha value is -0.0500. The molecule has 0 spiro atoms. The zero-order chi connectivity index (χ0) is 10.1. The van der Waals surface area contributed by atoms with Crippen LogP contribution in [-0.4, -0.2) is 18.0 Å². The van der Waals surface area contributed by atoms with Crippen molar-refractivity contribution < 1.29 is 0 Å². The van der Waals surface area contributed by atoms with Crippen molar-refractivity contribution in [2.75, 3.05) is 7.05 Å². The van der Waals surface area contributed by atoms with Crippen LogP contribution in [0.1, 0.15) is 18.4 Å². The molecule has 0 amide bonds. The van der Waals surface area contributed by atoms with E-state index in [-0.39, 0.29) is 0 Å². The molecule has 1 aliphatic carbocycles. The predicted molar refractivity (Wildman–Crippen MR) is 63.6 cm³/mol. The van der Waals surface area contributed by atoms with E-state index in [1.165, 1.54) is 18.4 Å². The quantitative estimate of drug-likeness (QED) is 0.812. The maximum atomic E-state index is 6.03. The van der Waals surface area contributed by atoms with Gasteiger partial charge in [0.2, 0.25) is 0 Å².